The molecule has 0 aromatic carbocycles. The number of nitrogens with zero attached hydrogens (tertiary/aromatic N) is 1. The Morgan fingerprint density at radius 1 is 1.19 bits per heavy atom. The van der Waals surface area contributed by atoms with E-state index in [-0.39, 0.29) is 11.0 Å². The Hall–Kier alpha value is -0.790. The average Bonchev–Trinajstić information content (AvgIpc) is 2.12. The first-order valence-corrected chi connectivity index (χ1v) is 6.22. The van der Waals surface area contributed by atoms with Crippen molar-refractivity contribution in [3.8, 4) is 0 Å². The minimum Gasteiger partial charge on any atom is -0.210 e. The third-order valence-electron chi connectivity index (χ3n) is 4.24. The van der Waals surface area contributed by atoms with Gasteiger partial charge >= 0.3 is 0 Å². The fourth-order valence-corrected chi connectivity index (χ4v) is 2.41. The first kappa shape index (κ1) is 13.3. The number of hydrogen-bond donors (Lipinski definition) is 1. The molecule has 2 N–H and O–H groups in total. The van der Waals surface area contributed by atoms with Gasteiger partial charge in [-0.05, 0) is 29.7 Å². The normalized spacial score (nSPS) is 26.8. The van der Waals surface area contributed by atoms with Gasteiger partial charge in [-0.15, -0.1) is 4.68 Å². The van der Waals surface area contributed by atoms with E-state index in [2.05, 4.69) is 53.5 Å². The van der Waals surface area contributed by atoms with Gasteiger partial charge in [-0.1, -0.05) is 33.3 Å². The summed E-state index contributed by atoms with van der Waals surface area (Å²) in [5.74, 6) is 7.39. The summed E-state index contributed by atoms with van der Waals surface area (Å²) in [6.45, 7) is 14.9. The maximum atomic E-state index is 5.72. The molecule has 1 fully saturated rings. The molecule has 1 aliphatic rings. The van der Waals surface area contributed by atoms with E-state index in [0.29, 0.717) is 0 Å². The van der Waals surface area contributed by atoms with E-state index in [1.807, 2.05) is 0 Å². The molecule has 1 rings (SSSR count). The van der Waals surface area contributed by atoms with Crippen LogP contribution >= 0.6 is 0 Å². The molecular weight excluding hydrogens is 196 g/mol. The Morgan fingerprint density at radius 2 is 1.75 bits per heavy atom. The number of allylic oxidation sites excluding steroid dienone is 1. The maximum Gasteiger partial charge on any atom is 0.202 e. The van der Waals surface area contributed by atoms with Gasteiger partial charge in [-0.2, -0.15) is 0 Å². The van der Waals surface area contributed by atoms with Crippen molar-refractivity contribution in [3.63, 3.8) is 0 Å². The van der Waals surface area contributed by atoms with Crippen molar-refractivity contribution in [1.29, 1.82) is 0 Å². The maximum absolute atomic E-state index is 5.72. The summed E-state index contributed by atoms with van der Waals surface area (Å²) in [7, 11) is 0. The molecule has 92 valence electrons. The first-order valence-electron chi connectivity index (χ1n) is 6.22. The van der Waals surface area contributed by atoms with Crippen molar-refractivity contribution in [2.24, 2.45) is 23.1 Å². The fraction of sp³-hybridized carbons (Fsp3) is 0.786. The summed E-state index contributed by atoms with van der Waals surface area (Å²) in [4.78, 5) is 0. The van der Waals surface area contributed by atoms with Gasteiger partial charge in [0.15, 0.2) is 6.72 Å². The topological polar surface area (TPSA) is 29.0 Å². The lowest BCUT2D eigenvalue weighted by atomic mass is 9.61. The molecule has 0 heterocycles. The van der Waals surface area contributed by atoms with Crippen LogP contribution in [0.2, 0.25) is 0 Å². The lowest BCUT2D eigenvalue weighted by molar-refractivity contribution is -0.591. The Balaban J connectivity index is 2.72. The largest absolute Gasteiger partial charge is 0.210 e. The van der Waals surface area contributed by atoms with Crippen LogP contribution in [0.4, 0.5) is 0 Å². The molecule has 0 bridgehead atoms. The quantitative estimate of drug-likeness (QED) is 0.256. The van der Waals surface area contributed by atoms with Crippen LogP contribution in [-0.4, -0.2) is 16.9 Å². The van der Waals surface area contributed by atoms with Crippen LogP contribution in [0.15, 0.2) is 12.2 Å². The Kier molecular flexibility index (Phi) is 3.51. The zero-order valence-corrected chi connectivity index (χ0v) is 11.5. The third-order valence-corrected chi connectivity index (χ3v) is 4.24. The molecule has 2 atom stereocenters. The zero-order valence-electron chi connectivity index (χ0n) is 11.5. The van der Waals surface area contributed by atoms with Crippen LogP contribution in [0.3, 0.4) is 0 Å². The van der Waals surface area contributed by atoms with Gasteiger partial charge in [-0.25, -0.2) is 5.84 Å². The lowest BCUT2D eigenvalue weighted by Gasteiger charge is -2.44. The van der Waals surface area contributed by atoms with Crippen LogP contribution in [-0.2, 0) is 0 Å². The monoisotopic (exact) mass is 223 g/mol. The number of nitrogens with two attached hydrogens (primary N) is 1. The van der Waals surface area contributed by atoms with E-state index in [1.165, 1.54) is 17.5 Å². The molecule has 0 aromatic rings. The molecule has 0 radical (unpaired) electrons. The highest BCUT2D eigenvalue weighted by Crippen LogP contribution is 2.46. The number of hydrazine groups is 1. The smallest absolute Gasteiger partial charge is 0.202 e. The van der Waals surface area contributed by atoms with Crippen molar-refractivity contribution in [1.82, 2.24) is 0 Å². The van der Waals surface area contributed by atoms with Crippen LogP contribution in [0.25, 0.3) is 0 Å². The Bertz CT molecular complexity index is 300. The molecule has 2 unspecified atom stereocenters. The van der Waals surface area contributed by atoms with Gasteiger partial charge in [0.1, 0.15) is 0 Å². The number of hydrazone groups is 1. The second-order valence-corrected chi connectivity index (χ2v) is 6.44. The molecule has 1 aliphatic carbocycles. The van der Waals surface area contributed by atoms with E-state index < -0.39 is 0 Å². The van der Waals surface area contributed by atoms with Crippen LogP contribution in [0, 0.1) is 17.3 Å². The molecule has 2 nitrogen and oxygen atoms in total. The van der Waals surface area contributed by atoms with Crippen molar-refractivity contribution >= 4 is 6.72 Å². The first-order chi connectivity index (χ1) is 7.17. The van der Waals surface area contributed by atoms with E-state index in [0.717, 1.165) is 11.8 Å². The van der Waals surface area contributed by atoms with Gasteiger partial charge in [0.05, 0.1) is 0 Å². The SMILES string of the molecule is C=[N+](N)C(C)(C)C=CC(C)(C)C1CCC1C. The molecule has 0 aromatic heterocycles. The molecule has 0 aliphatic heterocycles. The Labute approximate surface area is 100 Å². The van der Waals surface area contributed by atoms with Crippen molar-refractivity contribution in [3.05, 3.63) is 12.2 Å². The molecule has 0 amide bonds. The van der Waals surface area contributed by atoms with Crippen LogP contribution in [0.5, 0.6) is 0 Å². The molecule has 2 heteroatoms. The number of hydrogen-bond acceptors (Lipinski definition) is 1. The summed E-state index contributed by atoms with van der Waals surface area (Å²) in [6.07, 6.45) is 7.24. The second kappa shape index (κ2) is 4.23. The minimum atomic E-state index is -0.176. The van der Waals surface area contributed by atoms with Gasteiger partial charge in [0.2, 0.25) is 5.54 Å². The van der Waals surface area contributed by atoms with Gasteiger partial charge in [0.25, 0.3) is 0 Å². The highest BCUT2D eigenvalue weighted by molar-refractivity contribution is 5.17. The molecular formula is C14H27N2+. The molecule has 0 saturated heterocycles. The zero-order chi connectivity index (χ0) is 12.6. The predicted octanol–water partition coefficient (Wildman–Crippen LogP) is 2.98. The predicted molar refractivity (Wildman–Crippen MR) is 70.5 cm³/mol. The van der Waals surface area contributed by atoms with Gasteiger partial charge < -0.3 is 0 Å². The van der Waals surface area contributed by atoms with Gasteiger partial charge in [-0.3, -0.25) is 0 Å². The minimum absolute atomic E-state index is 0.176. The lowest BCUT2D eigenvalue weighted by Crippen LogP contribution is -2.40. The standard InChI is InChI=1S/C14H27N2/c1-11-7-8-12(11)13(2,3)9-10-14(4,5)16(6)15/h9-12H,6-8,15H2,1-5H3/q+1. The summed E-state index contributed by atoms with van der Waals surface area (Å²) >= 11 is 0. The average molecular weight is 223 g/mol. The molecule has 16 heavy (non-hydrogen) atoms. The highest BCUT2D eigenvalue weighted by atomic mass is 15.3. The summed E-state index contributed by atoms with van der Waals surface area (Å²) < 4.78 is 1.52. The van der Waals surface area contributed by atoms with E-state index in [4.69, 9.17) is 5.84 Å². The molecule has 1 saturated carbocycles. The second-order valence-electron chi connectivity index (χ2n) is 6.44. The number of rotatable bonds is 4. The highest BCUT2D eigenvalue weighted by Gasteiger charge is 2.38. The summed E-state index contributed by atoms with van der Waals surface area (Å²) in [5, 5.41) is 0. The summed E-state index contributed by atoms with van der Waals surface area (Å²) in [5.41, 5.74) is 0.0925. The van der Waals surface area contributed by atoms with Gasteiger partial charge in [0, 0.05) is 13.8 Å². The third kappa shape index (κ3) is 2.66. The van der Waals surface area contributed by atoms with E-state index in [1.54, 1.807) is 0 Å². The van der Waals surface area contributed by atoms with Crippen LogP contribution < -0.4 is 5.84 Å². The van der Waals surface area contributed by atoms with Crippen molar-refractivity contribution < 1.29 is 4.68 Å². The van der Waals surface area contributed by atoms with E-state index >= 15 is 0 Å². The van der Waals surface area contributed by atoms with Crippen LogP contribution in [0.1, 0.15) is 47.5 Å². The van der Waals surface area contributed by atoms with Crippen molar-refractivity contribution in [2.45, 2.75) is 53.0 Å². The molecule has 0 spiro atoms. The summed E-state index contributed by atoms with van der Waals surface area (Å²) in [6, 6.07) is 0. The fourth-order valence-electron chi connectivity index (χ4n) is 2.41. The Morgan fingerprint density at radius 3 is 2.06 bits per heavy atom. The van der Waals surface area contributed by atoms with Crippen molar-refractivity contribution in [2.75, 3.05) is 0 Å². The van der Waals surface area contributed by atoms with E-state index in [9.17, 15) is 0 Å².